The van der Waals surface area contributed by atoms with E-state index in [0.717, 1.165) is 12.8 Å². The van der Waals surface area contributed by atoms with Crippen molar-refractivity contribution in [2.75, 3.05) is 25.1 Å². The summed E-state index contributed by atoms with van der Waals surface area (Å²) < 4.78 is 5.56. The predicted molar refractivity (Wildman–Crippen MR) is 70.4 cm³/mol. The van der Waals surface area contributed by atoms with Crippen LogP contribution in [0.1, 0.15) is 30.3 Å². The monoisotopic (exact) mass is 265 g/mol. The van der Waals surface area contributed by atoms with Gasteiger partial charge in [0.1, 0.15) is 5.69 Å². The maximum atomic E-state index is 12.2. The molecule has 1 aromatic heterocycles. The molecule has 1 aromatic rings. The van der Waals surface area contributed by atoms with Gasteiger partial charge in [-0.25, -0.2) is 10.8 Å². The fourth-order valence-electron chi connectivity index (χ4n) is 2.16. The molecule has 0 unspecified atom stereocenters. The largest absolute Gasteiger partial charge is 0.378 e. The van der Waals surface area contributed by atoms with Crippen LogP contribution >= 0.6 is 0 Å². The number of aromatic nitrogens is 2. The normalized spacial score (nSPS) is 16.4. The van der Waals surface area contributed by atoms with E-state index in [1.807, 2.05) is 6.92 Å². The third-order valence-corrected chi connectivity index (χ3v) is 3.13. The summed E-state index contributed by atoms with van der Waals surface area (Å²) in [7, 11) is 0. The lowest BCUT2D eigenvalue weighted by molar-refractivity contribution is 0.0144. The van der Waals surface area contributed by atoms with Gasteiger partial charge in [0.05, 0.1) is 18.5 Å². The van der Waals surface area contributed by atoms with Crippen molar-refractivity contribution < 1.29 is 9.53 Å². The molecule has 1 aliphatic rings. The van der Waals surface area contributed by atoms with E-state index in [9.17, 15) is 4.79 Å². The van der Waals surface area contributed by atoms with Gasteiger partial charge in [-0.1, -0.05) is 0 Å². The molecular weight excluding hydrogens is 246 g/mol. The lowest BCUT2D eigenvalue weighted by Crippen LogP contribution is -2.41. The molecule has 7 heteroatoms. The molecule has 2 heterocycles. The van der Waals surface area contributed by atoms with Crippen LogP contribution in [-0.4, -0.2) is 46.6 Å². The summed E-state index contributed by atoms with van der Waals surface area (Å²) in [5, 5.41) is 0. The van der Waals surface area contributed by atoms with Crippen LogP contribution < -0.4 is 11.3 Å². The van der Waals surface area contributed by atoms with Crippen molar-refractivity contribution in [3.05, 3.63) is 18.1 Å². The first-order chi connectivity index (χ1) is 9.24. The van der Waals surface area contributed by atoms with E-state index in [2.05, 4.69) is 15.4 Å². The zero-order valence-corrected chi connectivity index (χ0v) is 11.0. The zero-order chi connectivity index (χ0) is 13.7. The van der Waals surface area contributed by atoms with E-state index in [1.165, 1.54) is 12.4 Å². The maximum Gasteiger partial charge on any atom is 0.274 e. The number of hydrogen-bond donors (Lipinski definition) is 2. The summed E-state index contributed by atoms with van der Waals surface area (Å²) in [5.74, 6) is 5.53. The number of ether oxygens (including phenoxy) is 1. The van der Waals surface area contributed by atoms with E-state index in [-0.39, 0.29) is 12.0 Å². The molecule has 0 atom stereocenters. The Morgan fingerprint density at radius 1 is 1.53 bits per heavy atom. The number of hydrogen-bond acceptors (Lipinski definition) is 6. The van der Waals surface area contributed by atoms with Crippen LogP contribution in [0.4, 0.5) is 5.82 Å². The number of carbonyl (C=O) groups is 1. The molecule has 1 saturated heterocycles. The summed E-state index contributed by atoms with van der Waals surface area (Å²) in [6, 6.07) is 0. The highest BCUT2D eigenvalue weighted by atomic mass is 16.5. The number of amides is 1. The molecule has 19 heavy (non-hydrogen) atoms. The van der Waals surface area contributed by atoms with Gasteiger partial charge in [-0.05, 0) is 19.8 Å². The van der Waals surface area contributed by atoms with Gasteiger partial charge in [0.25, 0.3) is 5.91 Å². The standard InChI is InChI=1S/C12H19N5O2/c1-2-19-9-3-5-17(6-4-9)12(18)10-7-14-8-11(15-10)16-13/h7-9H,2-6,13H2,1H3,(H,15,16). The smallest absolute Gasteiger partial charge is 0.274 e. The molecule has 3 N–H and O–H groups in total. The van der Waals surface area contributed by atoms with Crippen LogP contribution in [0.15, 0.2) is 12.4 Å². The number of nitrogens with one attached hydrogen (secondary N) is 1. The van der Waals surface area contributed by atoms with Crippen LogP contribution in [-0.2, 0) is 4.74 Å². The lowest BCUT2D eigenvalue weighted by atomic mass is 10.1. The summed E-state index contributed by atoms with van der Waals surface area (Å²) in [6.07, 6.45) is 4.91. The van der Waals surface area contributed by atoms with Gasteiger partial charge in [-0.15, -0.1) is 0 Å². The first kappa shape index (κ1) is 13.7. The molecule has 0 saturated carbocycles. The van der Waals surface area contributed by atoms with Gasteiger partial charge in [0.15, 0.2) is 5.82 Å². The minimum absolute atomic E-state index is 0.112. The van der Waals surface area contributed by atoms with Crippen molar-refractivity contribution >= 4 is 11.7 Å². The van der Waals surface area contributed by atoms with Crippen molar-refractivity contribution in [1.82, 2.24) is 14.9 Å². The van der Waals surface area contributed by atoms with Crippen LogP contribution in [0.5, 0.6) is 0 Å². The highest BCUT2D eigenvalue weighted by Gasteiger charge is 2.24. The van der Waals surface area contributed by atoms with E-state index < -0.39 is 0 Å². The van der Waals surface area contributed by atoms with E-state index in [1.54, 1.807) is 4.90 Å². The SMILES string of the molecule is CCOC1CCN(C(=O)c2cncc(NN)n2)CC1. The van der Waals surface area contributed by atoms with Crippen molar-refractivity contribution in [2.45, 2.75) is 25.9 Å². The molecule has 0 spiro atoms. The second-order valence-corrected chi connectivity index (χ2v) is 4.38. The Labute approximate surface area is 112 Å². The molecule has 2 rings (SSSR count). The van der Waals surface area contributed by atoms with Gasteiger partial charge in [-0.3, -0.25) is 9.78 Å². The molecule has 1 fully saturated rings. The van der Waals surface area contributed by atoms with Crippen LogP contribution in [0.25, 0.3) is 0 Å². The summed E-state index contributed by atoms with van der Waals surface area (Å²) in [6.45, 7) is 4.07. The summed E-state index contributed by atoms with van der Waals surface area (Å²) in [5.41, 5.74) is 2.70. The summed E-state index contributed by atoms with van der Waals surface area (Å²) >= 11 is 0. The van der Waals surface area contributed by atoms with Gasteiger partial charge < -0.3 is 15.1 Å². The number of anilines is 1. The average Bonchev–Trinajstić information content (AvgIpc) is 2.48. The molecule has 0 aromatic carbocycles. The molecule has 1 aliphatic heterocycles. The van der Waals surface area contributed by atoms with Gasteiger partial charge in [0, 0.05) is 19.7 Å². The van der Waals surface area contributed by atoms with E-state index in [4.69, 9.17) is 10.6 Å². The topological polar surface area (TPSA) is 93.4 Å². The van der Waals surface area contributed by atoms with Crippen molar-refractivity contribution in [2.24, 2.45) is 5.84 Å². The van der Waals surface area contributed by atoms with Crippen LogP contribution in [0.2, 0.25) is 0 Å². The van der Waals surface area contributed by atoms with E-state index >= 15 is 0 Å². The van der Waals surface area contributed by atoms with Gasteiger partial charge in [0.2, 0.25) is 0 Å². The minimum atomic E-state index is -0.112. The number of likely N-dealkylation sites (tertiary alicyclic amines) is 1. The van der Waals surface area contributed by atoms with Crippen LogP contribution in [0, 0.1) is 0 Å². The molecular formula is C12H19N5O2. The third kappa shape index (κ3) is 3.39. The third-order valence-electron chi connectivity index (χ3n) is 3.13. The zero-order valence-electron chi connectivity index (χ0n) is 11.0. The summed E-state index contributed by atoms with van der Waals surface area (Å²) in [4.78, 5) is 22.1. The number of piperidine rings is 1. The second kappa shape index (κ2) is 6.44. The average molecular weight is 265 g/mol. The van der Waals surface area contributed by atoms with Crippen LogP contribution in [0.3, 0.4) is 0 Å². The number of nitrogen functional groups attached to an aromatic ring is 1. The fourth-order valence-corrected chi connectivity index (χ4v) is 2.16. The van der Waals surface area contributed by atoms with Gasteiger partial charge in [-0.2, -0.15) is 0 Å². The van der Waals surface area contributed by atoms with Gasteiger partial charge >= 0.3 is 0 Å². The maximum absolute atomic E-state index is 12.2. The first-order valence-electron chi connectivity index (χ1n) is 6.44. The Bertz CT molecular complexity index is 432. The number of nitrogens with zero attached hydrogens (tertiary/aromatic N) is 3. The number of nitrogens with two attached hydrogens (primary N) is 1. The van der Waals surface area contributed by atoms with Crippen molar-refractivity contribution in [1.29, 1.82) is 0 Å². The molecule has 104 valence electrons. The Morgan fingerprint density at radius 3 is 2.89 bits per heavy atom. The van der Waals surface area contributed by atoms with Crippen molar-refractivity contribution in [3.8, 4) is 0 Å². The molecule has 0 bridgehead atoms. The lowest BCUT2D eigenvalue weighted by Gasteiger charge is -2.31. The highest BCUT2D eigenvalue weighted by molar-refractivity contribution is 5.92. The Kier molecular flexibility index (Phi) is 4.64. The molecule has 0 radical (unpaired) electrons. The Morgan fingerprint density at radius 2 is 2.26 bits per heavy atom. The Balaban J connectivity index is 1.97. The second-order valence-electron chi connectivity index (χ2n) is 4.38. The first-order valence-corrected chi connectivity index (χ1v) is 6.44. The molecule has 7 nitrogen and oxygen atoms in total. The predicted octanol–water partition coefficient (Wildman–Crippen LogP) is 0.403. The quantitative estimate of drug-likeness (QED) is 0.604. The Hall–Kier alpha value is -1.73. The van der Waals surface area contributed by atoms with Crippen molar-refractivity contribution in [3.63, 3.8) is 0 Å². The highest BCUT2D eigenvalue weighted by Crippen LogP contribution is 2.15. The van der Waals surface area contributed by atoms with E-state index in [0.29, 0.717) is 31.2 Å². The number of hydrazine groups is 1. The molecule has 0 aliphatic carbocycles. The minimum Gasteiger partial charge on any atom is -0.378 e. The fraction of sp³-hybridized carbons (Fsp3) is 0.583. The number of rotatable bonds is 4. The molecule has 1 amide bonds. The number of carbonyl (C=O) groups excluding carboxylic acids is 1.